The van der Waals surface area contributed by atoms with Gasteiger partial charge in [0.25, 0.3) is 0 Å². The van der Waals surface area contributed by atoms with Gasteiger partial charge in [-0.25, -0.2) is 0 Å². The van der Waals surface area contributed by atoms with Gasteiger partial charge in [-0.05, 0) is 0 Å². The molecule has 60 valence electrons. The number of rotatable bonds is 3. The molecule has 0 aliphatic rings. The van der Waals surface area contributed by atoms with Gasteiger partial charge >= 0.3 is 0 Å². The predicted octanol–water partition coefficient (Wildman–Crippen LogP) is 0.214. The quantitative estimate of drug-likeness (QED) is 0.244. The summed E-state index contributed by atoms with van der Waals surface area (Å²) in [6, 6.07) is 0. The molecule has 0 aliphatic carbocycles. The van der Waals surface area contributed by atoms with E-state index in [0.29, 0.717) is 21.7 Å². The van der Waals surface area contributed by atoms with Crippen LogP contribution in [0.3, 0.4) is 0 Å². The Morgan fingerprint density at radius 1 is 1.00 bits per heavy atom. The minimum atomic E-state index is 0. The third-order valence-electron chi connectivity index (χ3n) is 0.677. The third kappa shape index (κ3) is 14.1. The maximum Gasteiger partial charge on any atom is 0.130 e. The molecular formula is C4H8MgN2S4. The molecule has 0 aromatic heterocycles. The Balaban J connectivity index is 0. The zero-order valence-corrected chi connectivity index (χ0v) is 10.7. The highest BCUT2D eigenvalue weighted by molar-refractivity contribution is 8.11. The average Bonchev–Trinajstić information content (AvgIpc) is 1.79. The predicted molar refractivity (Wildman–Crippen MR) is 64.9 cm³/mol. The summed E-state index contributed by atoms with van der Waals surface area (Å²) >= 11 is 17.0. The van der Waals surface area contributed by atoms with Crippen molar-refractivity contribution < 1.29 is 0 Å². The number of thiol groups is 2. The Morgan fingerprint density at radius 3 is 1.45 bits per heavy atom. The fraction of sp³-hybridized carbons (Fsp3) is 0.500. The van der Waals surface area contributed by atoms with Crippen molar-refractivity contribution in [2.24, 2.45) is 0 Å². The van der Waals surface area contributed by atoms with Gasteiger partial charge in [0.2, 0.25) is 0 Å². The smallest absolute Gasteiger partial charge is 0.130 e. The maximum absolute atomic E-state index is 4.65. The van der Waals surface area contributed by atoms with Crippen molar-refractivity contribution >= 4 is 81.4 Å². The van der Waals surface area contributed by atoms with Crippen molar-refractivity contribution in [3.05, 3.63) is 0 Å². The van der Waals surface area contributed by atoms with Crippen LogP contribution in [0.2, 0.25) is 0 Å². The van der Waals surface area contributed by atoms with Crippen LogP contribution in [0.4, 0.5) is 0 Å². The van der Waals surface area contributed by atoms with Crippen LogP contribution in [0.1, 0.15) is 0 Å². The van der Waals surface area contributed by atoms with E-state index in [9.17, 15) is 0 Å². The van der Waals surface area contributed by atoms with Crippen LogP contribution in [0.15, 0.2) is 0 Å². The van der Waals surface area contributed by atoms with Crippen molar-refractivity contribution in [3.63, 3.8) is 0 Å². The second-order valence-electron chi connectivity index (χ2n) is 1.46. The van der Waals surface area contributed by atoms with Gasteiger partial charge in [0, 0.05) is 36.1 Å². The molecule has 0 unspecified atom stereocenters. The summed E-state index contributed by atoms with van der Waals surface area (Å²) in [5, 5.41) is 5.68. The molecule has 0 atom stereocenters. The fourth-order valence-electron chi connectivity index (χ4n) is 0.339. The Hall–Kier alpha value is 1.25. The number of nitrogens with one attached hydrogen (secondary N) is 2. The number of hydrogen-bond donors (Lipinski definition) is 4. The molecule has 11 heavy (non-hydrogen) atoms. The lowest BCUT2D eigenvalue weighted by molar-refractivity contribution is 0.834. The molecule has 2 nitrogen and oxygen atoms in total. The van der Waals surface area contributed by atoms with E-state index >= 15 is 0 Å². The monoisotopic (exact) mass is 236 g/mol. The molecule has 0 aromatic rings. The van der Waals surface area contributed by atoms with E-state index in [1.807, 2.05) is 0 Å². The van der Waals surface area contributed by atoms with Crippen molar-refractivity contribution in [2.45, 2.75) is 0 Å². The van der Waals surface area contributed by atoms with Gasteiger partial charge in [-0.15, -0.1) is 25.3 Å². The van der Waals surface area contributed by atoms with E-state index in [2.05, 4.69) is 60.3 Å². The van der Waals surface area contributed by atoms with E-state index in [1.165, 1.54) is 0 Å². The van der Waals surface area contributed by atoms with Gasteiger partial charge in [-0.1, -0.05) is 24.4 Å². The lowest BCUT2D eigenvalue weighted by atomic mass is 10.6. The Morgan fingerprint density at radius 2 is 1.27 bits per heavy atom. The SMILES string of the molecule is S=C(S)NCCNC(=S)S.[Mg]. The molecule has 0 aromatic carbocycles. The van der Waals surface area contributed by atoms with Crippen molar-refractivity contribution in [1.29, 1.82) is 0 Å². The van der Waals surface area contributed by atoms with Gasteiger partial charge in [0.05, 0.1) is 0 Å². The summed E-state index contributed by atoms with van der Waals surface area (Å²) in [4.78, 5) is 0. The first kappa shape index (κ1) is 14.8. The highest BCUT2D eigenvalue weighted by atomic mass is 32.1. The van der Waals surface area contributed by atoms with Gasteiger partial charge in [-0.2, -0.15) is 0 Å². The van der Waals surface area contributed by atoms with Crippen LogP contribution in [-0.4, -0.2) is 44.8 Å². The summed E-state index contributed by atoms with van der Waals surface area (Å²) in [6.45, 7) is 1.42. The molecule has 0 spiro atoms. The van der Waals surface area contributed by atoms with E-state index in [4.69, 9.17) is 0 Å². The molecule has 0 saturated carbocycles. The van der Waals surface area contributed by atoms with Crippen LogP contribution >= 0.6 is 49.7 Å². The summed E-state index contributed by atoms with van der Waals surface area (Å²) < 4.78 is 0.985. The van der Waals surface area contributed by atoms with Gasteiger partial charge in [-0.3, -0.25) is 0 Å². The van der Waals surface area contributed by atoms with E-state index in [1.54, 1.807) is 0 Å². The van der Waals surface area contributed by atoms with E-state index < -0.39 is 0 Å². The van der Waals surface area contributed by atoms with Crippen LogP contribution in [0, 0.1) is 0 Å². The lowest BCUT2D eigenvalue weighted by Gasteiger charge is -2.03. The van der Waals surface area contributed by atoms with Gasteiger partial charge < -0.3 is 10.6 Å². The lowest BCUT2D eigenvalue weighted by Crippen LogP contribution is -2.29. The average molecular weight is 237 g/mol. The standard InChI is InChI=1S/C4H8N2S4.Mg/c7-3(8)5-1-2-6-4(9)10;/h1-2H2,(H2,5,7,8)(H2,6,9,10);. The second-order valence-corrected chi connectivity index (χ2v) is 3.78. The molecule has 0 fully saturated rings. The first-order valence-electron chi connectivity index (χ1n) is 2.56. The van der Waals surface area contributed by atoms with Crippen molar-refractivity contribution in [1.82, 2.24) is 10.6 Å². The first-order chi connectivity index (χ1) is 4.63. The van der Waals surface area contributed by atoms with Crippen molar-refractivity contribution in [3.8, 4) is 0 Å². The van der Waals surface area contributed by atoms with E-state index in [0.717, 1.165) is 0 Å². The van der Waals surface area contributed by atoms with Crippen LogP contribution in [0.5, 0.6) is 0 Å². The Labute approximate surface area is 104 Å². The molecule has 7 heteroatoms. The molecule has 0 saturated heterocycles. The summed E-state index contributed by atoms with van der Waals surface area (Å²) in [7, 11) is 0. The largest absolute Gasteiger partial charge is 0.369 e. The van der Waals surface area contributed by atoms with Gasteiger partial charge in [0.15, 0.2) is 0 Å². The number of thiocarbonyl (C=S) groups is 2. The first-order valence-corrected chi connectivity index (χ1v) is 4.27. The molecule has 0 aliphatic heterocycles. The Bertz CT molecular complexity index is 124. The third-order valence-corrected chi connectivity index (χ3v) is 1.28. The molecule has 0 rings (SSSR count). The van der Waals surface area contributed by atoms with Gasteiger partial charge in [0.1, 0.15) is 8.64 Å². The summed E-state index contributed by atoms with van der Waals surface area (Å²) in [5.74, 6) is 0. The molecule has 0 bridgehead atoms. The molecule has 2 radical (unpaired) electrons. The molecular weight excluding hydrogens is 229 g/mol. The zero-order chi connectivity index (χ0) is 7.98. The zero-order valence-electron chi connectivity index (χ0n) is 5.83. The topological polar surface area (TPSA) is 24.1 Å². The van der Waals surface area contributed by atoms with Crippen LogP contribution in [-0.2, 0) is 0 Å². The fourth-order valence-corrected chi connectivity index (χ4v) is 0.767. The van der Waals surface area contributed by atoms with Crippen LogP contribution < -0.4 is 10.6 Å². The highest BCUT2D eigenvalue weighted by Gasteiger charge is 1.87. The minimum Gasteiger partial charge on any atom is -0.369 e. The molecule has 0 heterocycles. The van der Waals surface area contributed by atoms with E-state index in [-0.39, 0.29) is 23.1 Å². The molecule has 2 N–H and O–H groups in total. The second kappa shape index (κ2) is 9.34. The molecule has 0 amide bonds. The normalized spacial score (nSPS) is 7.82. The Kier molecular flexibility index (Phi) is 12.5. The van der Waals surface area contributed by atoms with Crippen molar-refractivity contribution in [2.75, 3.05) is 13.1 Å². The minimum absolute atomic E-state index is 0. The number of hydrogen-bond acceptors (Lipinski definition) is 2. The van der Waals surface area contributed by atoms with Crippen LogP contribution in [0.25, 0.3) is 0 Å². The summed E-state index contributed by atoms with van der Waals surface area (Å²) in [5.41, 5.74) is 0. The maximum atomic E-state index is 4.65. The summed E-state index contributed by atoms with van der Waals surface area (Å²) in [6.07, 6.45) is 0. The highest BCUT2D eigenvalue weighted by Crippen LogP contribution is 1.77.